The number of carbonyl (C=O) groups excluding carboxylic acids is 2. The largest absolute Gasteiger partial charge is 0.467 e. The second kappa shape index (κ2) is 9.13. The molecule has 1 atom stereocenters. The molecule has 0 saturated carbocycles. The summed E-state index contributed by atoms with van der Waals surface area (Å²) in [5, 5.41) is 2.74. The van der Waals surface area contributed by atoms with E-state index in [0.717, 1.165) is 9.82 Å². The summed E-state index contributed by atoms with van der Waals surface area (Å²) in [5.74, 6) is -0.0950. The van der Waals surface area contributed by atoms with Crippen LogP contribution in [-0.4, -0.2) is 60.9 Å². The van der Waals surface area contributed by atoms with E-state index in [9.17, 15) is 18.0 Å². The van der Waals surface area contributed by atoms with Crippen LogP contribution in [0.25, 0.3) is 11.0 Å². The molecule has 2 aromatic rings. The Kier molecular flexibility index (Phi) is 7.25. The number of aryl methyl sites for hydroxylation is 2. The standard InChI is InChI=1S/C20H30N4O5S/c1-7-20(3,19(26)29-6)22-18(25)12-11-17-21-15-13-14(30(27,28)23(4)5)9-10-16(15)24(17)8-2/h9-10,13H,7-8,11-12H2,1-6H3,(H,22,25). The molecule has 0 spiro atoms. The van der Waals surface area contributed by atoms with E-state index in [1.165, 1.54) is 21.2 Å². The van der Waals surface area contributed by atoms with E-state index in [2.05, 4.69) is 10.3 Å². The molecule has 0 saturated heterocycles. The minimum Gasteiger partial charge on any atom is -0.467 e. The predicted molar refractivity (Wildman–Crippen MR) is 113 cm³/mol. The van der Waals surface area contributed by atoms with Crippen LogP contribution in [-0.2, 0) is 37.3 Å². The third-order valence-corrected chi connectivity index (χ3v) is 7.04. The third kappa shape index (κ3) is 4.65. The topological polar surface area (TPSA) is 111 Å². The Morgan fingerprint density at radius 2 is 1.93 bits per heavy atom. The summed E-state index contributed by atoms with van der Waals surface area (Å²) in [6, 6.07) is 4.84. The summed E-state index contributed by atoms with van der Waals surface area (Å²) in [6.45, 7) is 6.01. The number of ether oxygens (including phenoxy) is 1. The smallest absolute Gasteiger partial charge is 0.331 e. The van der Waals surface area contributed by atoms with Crippen LogP contribution in [0.1, 0.15) is 39.4 Å². The summed E-state index contributed by atoms with van der Waals surface area (Å²) in [4.78, 5) is 29.1. The molecule has 0 aliphatic carbocycles. The first-order valence-corrected chi connectivity index (χ1v) is 11.2. The number of methoxy groups -OCH3 is 1. The number of aromatic nitrogens is 2. The normalized spacial score (nSPS) is 14.0. The van der Waals surface area contributed by atoms with Crippen molar-refractivity contribution in [1.29, 1.82) is 0 Å². The van der Waals surface area contributed by atoms with Gasteiger partial charge < -0.3 is 14.6 Å². The zero-order chi connectivity index (χ0) is 22.7. The molecule has 1 aromatic carbocycles. The molecule has 166 valence electrons. The van der Waals surface area contributed by atoms with Gasteiger partial charge in [-0.2, -0.15) is 0 Å². The summed E-state index contributed by atoms with van der Waals surface area (Å²) in [5.41, 5.74) is 0.285. The first-order valence-electron chi connectivity index (χ1n) is 9.81. The number of nitrogens with zero attached hydrogens (tertiary/aromatic N) is 3. The van der Waals surface area contributed by atoms with Crippen molar-refractivity contribution in [2.24, 2.45) is 0 Å². The molecule has 1 aromatic heterocycles. The second-order valence-electron chi connectivity index (χ2n) is 7.44. The van der Waals surface area contributed by atoms with Gasteiger partial charge in [-0.3, -0.25) is 4.79 Å². The van der Waals surface area contributed by atoms with Crippen LogP contribution in [0, 0.1) is 0 Å². The highest BCUT2D eigenvalue weighted by atomic mass is 32.2. The molecular formula is C20H30N4O5S. The van der Waals surface area contributed by atoms with E-state index < -0.39 is 21.5 Å². The summed E-state index contributed by atoms with van der Waals surface area (Å²) in [6.07, 6.45) is 0.895. The monoisotopic (exact) mass is 438 g/mol. The lowest BCUT2D eigenvalue weighted by atomic mass is 9.99. The molecule has 30 heavy (non-hydrogen) atoms. The minimum atomic E-state index is -3.56. The maximum atomic E-state index is 12.4. The number of amides is 1. The Morgan fingerprint density at radius 3 is 2.47 bits per heavy atom. The van der Waals surface area contributed by atoms with Gasteiger partial charge in [0.25, 0.3) is 0 Å². The highest BCUT2D eigenvalue weighted by molar-refractivity contribution is 7.89. The molecule has 0 aliphatic heterocycles. The maximum Gasteiger partial charge on any atom is 0.331 e. The van der Waals surface area contributed by atoms with Crippen molar-refractivity contribution in [3.05, 3.63) is 24.0 Å². The molecule has 1 N–H and O–H groups in total. The van der Waals surface area contributed by atoms with Gasteiger partial charge in [-0.25, -0.2) is 22.5 Å². The van der Waals surface area contributed by atoms with Crippen molar-refractivity contribution in [1.82, 2.24) is 19.2 Å². The van der Waals surface area contributed by atoms with E-state index >= 15 is 0 Å². The van der Waals surface area contributed by atoms with Crippen LogP contribution in [0.4, 0.5) is 0 Å². The van der Waals surface area contributed by atoms with Gasteiger partial charge in [0.05, 0.1) is 23.0 Å². The van der Waals surface area contributed by atoms with E-state index in [4.69, 9.17) is 4.74 Å². The SMILES string of the molecule is CCn1c(CCC(=O)NC(C)(CC)C(=O)OC)nc2cc(S(=O)(=O)N(C)C)ccc21. The lowest BCUT2D eigenvalue weighted by molar-refractivity contribution is -0.150. The number of carbonyl (C=O) groups is 2. The van der Waals surface area contributed by atoms with Gasteiger partial charge in [0.2, 0.25) is 15.9 Å². The fraction of sp³-hybridized carbons (Fsp3) is 0.550. The highest BCUT2D eigenvalue weighted by Gasteiger charge is 2.34. The minimum absolute atomic E-state index is 0.138. The number of hydrogen-bond acceptors (Lipinski definition) is 6. The van der Waals surface area contributed by atoms with E-state index in [1.807, 2.05) is 11.5 Å². The van der Waals surface area contributed by atoms with Crippen LogP contribution in [0.2, 0.25) is 0 Å². The fourth-order valence-electron chi connectivity index (χ4n) is 3.18. The Morgan fingerprint density at radius 1 is 1.27 bits per heavy atom. The van der Waals surface area contributed by atoms with Crippen molar-refractivity contribution >= 4 is 32.9 Å². The molecule has 0 radical (unpaired) electrons. The molecule has 9 nitrogen and oxygen atoms in total. The first kappa shape index (κ1) is 23.8. The zero-order valence-electron chi connectivity index (χ0n) is 18.4. The maximum absolute atomic E-state index is 12.4. The van der Waals surface area contributed by atoms with Crippen LogP contribution < -0.4 is 5.32 Å². The molecule has 10 heteroatoms. The van der Waals surface area contributed by atoms with Gasteiger partial charge in [-0.1, -0.05) is 6.92 Å². The Labute approximate surface area is 177 Å². The molecule has 2 rings (SSSR count). The van der Waals surface area contributed by atoms with E-state index in [1.54, 1.807) is 32.0 Å². The van der Waals surface area contributed by atoms with Gasteiger partial charge in [-0.05, 0) is 38.5 Å². The van der Waals surface area contributed by atoms with E-state index in [-0.39, 0.29) is 17.2 Å². The third-order valence-electron chi connectivity index (χ3n) is 5.23. The molecule has 1 amide bonds. The number of benzene rings is 1. The Hall–Kier alpha value is -2.46. The van der Waals surface area contributed by atoms with Gasteiger partial charge in [0.15, 0.2) is 0 Å². The number of esters is 1. The van der Waals surface area contributed by atoms with Crippen molar-refractivity contribution in [2.45, 2.75) is 57.0 Å². The summed E-state index contributed by atoms with van der Waals surface area (Å²) >= 11 is 0. The number of rotatable bonds is 9. The number of hydrogen-bond donors (Lipinski definition) is 1. The average molecular weight is 439 g/mol. The number of sulfonamides is 1. The number of nitrogens with one attached hydrogen (secondary N) is 1. The molecule has 0 bridgehead atoms. The molecular weight excluding hydrogens is 408 g/mol. The highest BCUT2D eigenvalue weighted by Crippen LogP contribution is 2.23. The van der Waals surface area contributed by atoms with Crippen LogP contribution in [0.15, 0.2) is 23.1 Å². The first-order chi connectivity index (χ1) is 14.0. The van der Waals surface area contributed by atoms with Crippen LogP contribution in [0.5, 0.6) is 0 Å². The van der Waals surface area contributed by atoms with Gasteiger partial charge in [0.1, 0.15) is 11.4 Å². The van der Waals surface area contributed by atoms with Crippen molar-refractivity contribution < 1.29 is 22.7 Å². The molecule has 0 aliphatic rings. The van der Waals surface area contributed by atoms with Crippen molar-refractivity contribution in [3.63, 3.8) is 0 Å². The van der Waals surface area contributed by atoms with Crippen molar-refractivity contribution in [3.8, 4) is 0 Å². The Bertz CT molecular complexity index is 1040. The zero-order valence-corrected chi connectivity index (χ0v) is 19.2. The quantitative estimate of drug-likeness (QED) is 0.597. The number of fused-ring (bicyclic) bond motifs is 1. The summed E-state index contributed by atoms with van der Waals surface area (Å²) in [7, 11) is 0.684. The Balaban J connectivity index is 2.26. The lowest BCUT2D eigenvalue weighted by Gasteiger charge is -2.26. The van der Waals surface area contributed by atoms with Gasteiger partial charge in [-0.15, -0.1) is 0 Å². The van der Waals surface area contributed by atoms with Gasteiger partial charge in [0, 0.05) is 33.5 Å². The second-order valence-corrected chi connectivity index (χ2v) is 9.59. The molecule has 1 heterocycles. The summed E-state index contributed by atoms with van der Waals surface area (Å²) < 4.78 is 32.7. The van der Waals surface area contributed by atoms with Crippen LogP contribution in [0.3, 0.4) is 0 Å². The van der Waals surface area contributed by atoms with Crippen molar-refractivity contribution in [2.75, 3.05) is 21.2 Å². The average Bonchev–Trinajstić information content (AvgIpc) is 3.07. The number of imidazole rings is 1. The molecule has 0 fully saturated rings. The van der Waals surface area contributed by atoms with E-state index in [0.29, 0.717) is 30.7 Å². The van der Waals surface area contributed by atoms with Gasteiger partial charge >= 0.3 is 5.97 Å². The lowest BCUT2D eigenvalue weighted by Crippen LogP contribution is -2.52. The predicted octanol–water partition coefficient (Wildman–Crippen LogP) is 1.70. The van der Waals surface area contributed by atoms with Crippen LogP contribution >= 0.6 is 0 Å². The fourth-order valence-corrected chi connectivity index (χ4v) is 4.10. The molecule has 1 unspecified atom stereocenters.